The summed E-state index contributed by atoms with van der Waals surface area (Å²) in [6, 6.07) is 38.6. The summed E-state index contributed by atoms with van der Waals surface area (Å²) in [4.78, 5) is 9.53. The molecule has 0 unspecified atom stereocenters. The van der Waals surface area contributed by atoms with Gasteiger partial charge in [0.05, 0.1) is 29.1 Å². The maximum absolute atomic E-state index is 6.82. The molecule has 0 aliphatic carbocycles. The average Bonchev–Trinajstić information content (AvgIpc) is 3.75. The number of anilines is 3. The normalized spacial score (nSPS) is 13.6. The second-order valence-electron chi connectivity index (χ2n) is 16.0. The van der Waals surface area contributed by atoms with Gasteiger partial charge in [0, 0.05) is 58.7 Å². The summed E-state index contributed by atoms with van der Waals surface area (Å²) in [5, 5.41) is 4.63. The molecule has 1 aliphatic rings. The van der Waals surface area contributed by atoms with Crippen molar-refractivity contribution in [2.45, 2.75) is 52.4 Å². The van der Waals surface area contributed by atoms with Gasteiger partial charge in [-0.15, -0.1) is 0 Å². The molecule has 0 fully saturated rings. The Balaban J connectivity index is 1.15. The van der Waals surface area contributed by atoms with E-state index < -0.39 is 0 Å². The molecule has 0 saturated heterocycles. The molecule has 51 heavy (non-hydrogen) atoms. The first-order valence-electron chi connectivity index (χ1n) is 17.7. The van der Waals surface area contributed by atoms with Crippen LogP contribution in [0.1, 0.15) is 52.7 Å². The number of nitrogens with zero attached hydrogens (tertiary/aromatic N) is 4. The van der Waals surface area contributed by atoms with Crippen LogP contribution in [0.5, 0.6) is 11.5 Å². The van der Waals surface area contributed by atoms with Crippen LogP contribution in [0.15, 0.2) is 120 Å². The SMILES string of the molecule is CN1CN(c2cc(Oc3ccc4c5ccccc5n(-c5cc(C(C)(C)C)ccn5)c4c3)cc(C(C)(C)C)c2)c2cc3oc4ccccc4c3cc21. The van der Waals surface area contributed by atoms with Crippen molar-refractivity contribution in [3.8, 4) is 17.3 Å². The minimum atomic E-state index is -0.0919. The van der Waals surface area contributed by atoms with Crippen LogP contribution in [0.2, 0.25) is 0 Å². The van der Waals surface area contributed by atoms with Crippen LogP contribution < -0.4 is 14.5 Å². The van der Waals surface area contributed by atoms with Gasteiger partial charge in [-0.1, -0.05) is 77.9 Å². The van der Waals surface area contributed by atoms with Crippen molar-refractivity contribution in [1.82, 2.24) is 9.55 Å². The quantitative estimate of drug-likeness (QED) is 0.186. The number of rotatable bonds is 4. The molecule has 3 aromatic heterocycles. The number of hydrogen-bond acceptors (Lipinski definition) is 5. The standard InChI is InChI=1S/C45H42N4O2/c1-44(2,3)28-18-19-46-43(22-28)49-37-14-10-8-12-33(37)34-17-16-31(24-38(34)49)50-32-21-29(45(4,5)6)20-30(23-32)48-27-47(7)39-25-36-35-13-9-11-15-41(35)51-42(36)26-40(39)48/h8-26H,27H2,1-7H3. The molecular weight excluding hydrogens is 629 g/mol. The van der Waals surface area contributed by atoms with Crippen LogP contribution in [0.3, 0.4) is 0 Å². The summed E-state index contributed by atoms with van der Waals surface area (Å²) in [5.74, 6) is 2.48. The lowest BCUT2D eigenvalue weighted by molar-refractivity contribution is 0.479. The third kappa shape index (κ3) is 5.20. The fourth-order valence-corrected chi connectivity index (χ4v) is 7.49. The van der Waals surface area contributed by atoms with Gasteiger partial charge in [0.15, 0.2) is 0 Å². The summed E-state index contributed by atoms with van der Waals surface area (Å²) < 4.78 is 15.4. The first-order valence-corrected chi connectivity index (χ1v) is 17.7. The lowest BCUT2D eigenvalue weighted by atomic mass is 9.86. The molecule has 0 atom stereocenters. The van der Waals surface area contributed by atoms with Crippen LogP contribution >= 0.6 is 0 Å². The largest absolute Gasteiger partial charge is 0.457 e. The molecule has 0 spiro atoms. The summed E-state index contributed by atoms with van der Waals surface area (Å²) in [7, 11) is 2.15. The summed E-state index contributed by atoms with van der Waals surface area (Å²) in [6.45, 7) is 14.2. The highest BCUT2D eigenvalue weighted by atomic mass is 16.5. The molecule has 0 bridgehead atoms. The fourth-order valence-electron chi connectivity index (χ4n) is 7.49. The van der Waals surface area contributed by atoms with Crippen LogP contribution in [0, 0.1) is 0 Å². The second kappa shape index (κ2) is 11.1. The molecule has 9 rings (SSSR count). The molecule has 0 amide bonds. The van der Waals surface area contributed by atoms with E-state index in [1.807, 2.05) is 18.3 Å². The lowest BCUT2D eigenvalue weighted by Crippen LogP contribution is -2.24. The molecular formula is C45H42N4O2. The number of aromatic nitrogens is 2. The Bertz CT molecular complexity index is 2650. The number of hydrogen-bond donors (Lipinski definition) is 0. The number of pyridine rings is 1. The van der Waals surface area contributed by atoms with Gasteiger partial charge in [-0.2, -0.15) is 0 Å². The minimum Gasteiger partial charge on any atom is -0.457 e. The van der Waals surface area contributed by atoms with E-state index in [-0.39, 0.29) is 10.8 Å². The smallest absolute Gasteiger partial charge is 0.137 e. The van der Waals surface area contributed by atoms with E-state index in [2.05, 4.69) is 160 Å². The number of furan rings is 1. The van der Waals surface area contributed by atoms with Crippen LogP contribution in [-0.4, -0.2) is 23.3 Å². The number of para-hydroxylation sites is 2. The van der Waals surface area contributed by atoms with E-state index in [1.165, 1.54) is 27.6 Å². The molecule has 4 heterocycles. The van der Waals surface area contributed by atoms with Gasteiger partial charge in [-0.25, -0.2) is 4.98 Å². The lowest BCUT2D eigenvalue weighted by Gasteiger charge is -2.25. The minimum absolute atomic E-state index is 0.00320. The summed E-state index contributed by atoms with van der Waals surface area (Å²) in [6.07, 6.45) is 1.92. The van der Waals surface area contributed by atoms with Gasteiger partial charge in [-0.05, 0) is 76.6 Å². The molecule has 1 aliphatic heterocycles. The Morgan fingerprint density at radius 2 is 1.35 bits per heavy atom. The third-order valence-corrected chi connectivity index (χ3v) is 10.3. The number of benzene rings is 5. The van der Waals surface area contributed by atoms with Gasteiger partial charge >= 0.3 is 0 Å². The van der Waals surface area contributed by atoms with Crippen molar-refractivity contribution in [3.63, 3.8) is 0 Å². The van der Waals surface area contributed by atoms with Crippen LogP contribution in [0.25, 0.3) is 49.6 Å². The van der Waals surface area contributed by atoms with Crippen molar-refractivity contribution >= 4 is 60.8 Å². The Morgan fingerprint density at radius 1 is 0.608 bits per heavy atom. The van der Waals surface area contributed by atoms with E-state index >= 15 is 0 Å². The zero-order valence-corrected chi connectivity index (χ0v) is 30.3. The zero-order chi connectivity index (χ0) is 35.2. The van der Waals surface area contributed by atoms with E-state index in [9.17, 15) is 0 Å². The molecule has 0 radical (unpaired) electrons. The van der Waals surface area contributed by atoms with Crippen molar-refractivity contribution < 1.29 is 9.15 Å². The van der Waals surface area contributed by atoms with Crippen molar-refractivity contribution in [2.75, 3.05) is 23.5 Å². The zero-order valence-electron chi connectivity index (χ0n) is 30.3. The molecule has 254 valence electrons. The predicted molar refractivity (Wildman–Crippen MR) is 212 cm³/mol. The summed E-state index contributed by atoms with van der Waals surface area (Å²) >= 11 is 0. The van der Waals surface area contributed by atoms with E-state index in [0.717, 1.165) is 68.3 Å². The van der Waals surface area contributed by atoms with Crippen LogP contribution in [0.4, 0.5) is 17.1 Å². The first kappa shape index (κ1) is 31.2. The first-order chi connectivity index (χ1) is 24.4. The molecule has 5 aromatic carbocycles. The topological polar surface area (TPSA) is 46.7 Å². The van der Waals surface area contributed by atoms with Crippen molar-refractivity contribution in [1.29, 1.82) is 0 Å². The van der Waals surface area contributed by atoms with Gasteiger partial charge < -0.3 is 19.0 Å². The van der Waals surface area contributed by atoms with Crippen LogP contribution in [-0.2, 0) is 10.8 Å². The molecule has 8 aromatic rings. The molecule has 6 nitrogen and oxygen atoms in total. The Hall–Kier alpha value is -5.75. The second-order valence-corrected chi connectivity index (χ2v) is 16.0. The van der Waals surface area contributed by atoms with Crippen molar-refractivity contribution in [2.24, 2.45) is 0 Å². The third-order valence-electron chi connectivity index (χ3n) is 10.3. The van der Waals surface area contributed by atoms with Crippen molar-refractivity contribution in [3.05, 3.63) is 127 Å². The van der Waals surface area contributed by atoms with Gasteiger partial charge in [0.1, 0.15) is 28.5 Å². The van der Waals surface area contributed by atoms with Gasteiger partial charge in [-0.3, -0.25) is 4.57 Å². The Labute approximate surface area is 298 Å². The molecule has 6 heteroatoms. The van der Waals surface area contributed by atoms with Gasteiger partial charge in [0.2, 0.25) is 0 Å². The van der Waals surface area contributed by atoms with E-state index in [4.69, 9.17) is 14.1 Å². The maximum atomic E-state index is 6.82. The van der Waals surface area contributed by atoms with E-state index in [0.29, 0.717) is 0 Å². The highest BCUT2D eigenvalue weighted by molar-refractivity contribution is 6.10. The van der Waals surface area contributed by atoms with E-state index in [1.54, 1.807) is 0 Å². The number of fused-ring (bicyclic) bond motifs is 7. The monoisotopic (exact) mass is 670 g/mol. The highest BCUT2D eigenvalue weighted by Gasteiger charge is 2.29. The Morgan fingerprint density at radius 3 is 2.16 bits per heavy atom. The maximum Gasteiger partial charge on any atom is 0.137 e. The molecule has 0 saturated carbocycles. The fraction of sp³-hybridized carbons (Fsp3) is 0.222. The highest BCUT2D eigenvalue weighted by Crippen LogP contribution is 2.46. The summed E-state index contributed by atoms with van der Waals surface area (Å²) in [5.41, 5.74) is 9.72. The Kier molecular flexibility index (Phi) is 6.82. The predicted octanol–water partition coefficient (Wildman–Crippen LogP) is 12.0. The van der Waals surface area contributed by atoms with Gasteiger partial charge in [0.25, 0.3) is 0 Å². The molecule has 0 N–H and O–H groups in total. The number of ether oxygens (including phenoxy) is 1. The average molecular weight is 671 g/mol.